The summed E-state index contributed by atoms with van der Waals surface area (Å²) in [6.07, 6.45) is 0. The van der Waals surface area contributed by atoms with Crippen molar-refractivity contribution in [1.29, 1.82) is 0 Å². The van der Waals surface area contributed by atoms with Crippen LogP contribution in [-0.4, -0.2) is 9.13 Å². The maximum Gasteiger partial charge on any atom is 0.0547 e. The summed E-state index contributed by atoms with van der Waals surface area (Å²) in [5.74, 6) is 0. The fraction of sp³-hybridized carbons (Fsp3) is 0. The van der Waals surface area contributed by atoms with Crippen LogP contribution in [0.3, 0.4) is 0 Å². The third-order valence-corrected chi connectivity index (χ3v) is 11.1. The molecule has 0 fully saturated rings. The van der Waals surface area contributed by atoms with Gasteiger partial charge >= 0.3 is 0 Å². The van der Waals surface area contributed by atoms with E-state index in [-0.39, 0.29) is 0 Å². The highest BCUT2D eigenvalue weighted by molar-refractivity contribution is 6.13. The number of hydrogen-bond acceptors (Lipinski definition) is 0. The summed E-state index contributed by atoms with van der Waals surface area (Å²) in [4.78, 5) is 0. The first-order valence-corrected chi connectivity index (χ1v) is 18.6. The maximum absolute atomic E-state index is 2.40. The van der Waals surface area contributed by atoms with E-state index in [1.54, 1.807) is 0 Å². The van der Waals surface area contributed by atoms with Gasteiger partial charge in [-0.15, -0.1) is 0 Å². The lowest BCUT2D eigenvalue weighted by Gasteiger charge is -2.10. The van der Waals surface area contributed by atoms with Gasteiger partial charge in [0, 0.05) is 32.9 Å². The fourth-order valence-electron chi connectivity index (χ4n) is 8.56. The van der Waals surface area contributed by atoms with E-state index in [1.807, 2.05) is 0 Å². The quantitative estimate of drug-likeness (QED) is 0.171. The summed E-state index contributed by atoms with van der Waals surface area (Å²) in [5, 5.41) is 7.55. The molecule has 0 atom stereocenters. The van der Waals surface area contributed by atoms with Gasteiger partial charge in [-0.05, 0) is 105 Å². The molecular formula is C52H34N2. The number of aromatic nitrogens is 2. The Hall–Kier alpha value is -7.16. The smallest absolute Gasteiger partial charge is 0.0547 e. The van der Waals surface area contributed by atoms with Crippen molar-refractivity contribution in [3.05, 3.63) is 206 Å². The predicted octanol–water partition coefficient (Wildman–Crippen LogP) is 14.0. The molecule has 54 heavy (non-hydrogen) atoms. The van der Waals surface area contributed by atoms with Crippen LogP contribution in [0.4, 0.5) is 0 Å². The monoisotopic (exact) mass is 686 g/mol. The van der Waals surface area contributed by atoms with Crippen LogP contribution in [0.15, 0.2) is 206 Å². The largest absolute Gasteiger partial charge is 0.309 e. The first kappa shape index (κ1) is 30.5. The lowest BCUT2D eigenvalue weighted by Crippen LogP contribution is -1.93. The van der Waals surface area contributed by atoms with E-state index in [4.69, 9.17) is 0 Å². The van der Waals surface area contributed by atoms with Gasteiger partial charge in [0.25, 0.3) is 0 Å². The number of nitrogens with zero attached hydrogens (tertiary/aromatic N) is 2. The molecule has 0 aliphatic heterocycles. The first-order valence-electron chi connectivity index (χ1n) is 18.6. The van der Waals surface area contributed by atoms with Crippen molar-refractivity contribution in [2.45, 2.75) is 0 Å². The SMILES string of the molecule is c1ccc(-n2c3ccc(-c4ccc(-c5cccc6ccccc56)cc4)cc3c3cc(-c4ccc5c6ccccc6n(-c6ccccc6)c5c4)ccc32)cc1. The fourth-order valence-corrected chi connectivity index (χ4v) is 8.56. The summed E-state index contributed by atoms with van der Waals surface area (Å²) < 4.78 is 4.80. The molecule has 11 rings (SSSR count). The molecule has 0 bridgehead atoms. The van der Waals surface area contributed by atoms with Crippen molar-refractivity contribution >= 4 is 54.4 Å². The van der Waals surface area contributed by atoms with Gasteiger partial charge in [-0.2, -0.15) is 0 Å². The standard InChI is InChI=1S/C52H34N2/c1-3-14-41(15-4-1)53-50-30-27-38(35-22-24-37(25-23-35)44-20-11-13-36-12-7-8-18-43(36)44)32-47(50)48-33-39(28-31-51(48)53)40-26-29-46-45-19-9-10-21-49(45)54(52(46)34-40)42-16-5-2-6-17-42/h1-34H. The van der Waals surface area contributed by atoms with Crippen LogP contribution >= 0.6 is 0 Å². The zero-order valence-corrected chi connectivity index (χ0v) is 29.5. The van der Waals surface area contributed by atoms with Gasteiger partial charge in [-0.25, -0.2) is 0 Å². The average molecular weight is 687 g/mol. The van der Waals surface area contributed by atoms with E-state index in [0.29, 0.717) is 0 Å². The molecule has 0 aliphatic rings. The molecule has 0 spiro atoms. The topological polar surface area (TPSA) is 9.86 Å². The van der Waals surface area contributed by atoms with Gasteiger partial charge in [-0.3, -0.25) is 0 Å². The Balaban J connectivity index is 1.07. The Labute approximate surface area is 313 Å². The Kier molecular flexibility index (Phi) is 6.90. The highest BCUT2D eigenvalue weighted by Gasteiger charge is 2.17. The van der Waals surface area contributed by atoms with E-state index < -0.39 is 0 Å². The Morgan fingerprint density at radius 1 is 0.241 bits per heavy atom. The second kappa shape index (κ2) is 12.2. The van der Waals surface area contributed by atoms with E-state index in [1.165, 1.54) is 93.5 Å². The Morgan fingerprint density at radius 2 is 0.704 bits per heavy atom. The van der Waals surface area contributed by atoms with Crippen molar-refractivity contribution in [2.75, 3.05) is 0 Å². The number of benzene rings is 9. The van der Waals surface area contributed by atoms with Gasteiger partial charge in [0.2, 0.25) is 0 Å². The number of para-hydroxylation sites is 3. The Morgan fingerprint density at radius 3 is 1.41 bits per heavy atom. The molecule has 9 aromatic carbocycles. The molecule has 252 valence electrons. The highest BCUT2D eigenvalue weighted by atomic mass is 15.0. The predicted molar refractivity (Wildman–Crippen MR) is 229 cm³/mol. The van der Waals surface area contributed by atoms with E-state index in [2.05, 4.69) is 215 Å². The lowest BCUT2D eigenvalue weighted by molar-refractivity contribution is 1.18. The van der Waals surface area contributed by atoms with Gasteiger partial charge in [0.05, 0.1) is 22.1 Å². The highest BCUT2D eigenvalue weighted by Crippen LogP contribution is 2.40. The maximum atomic E-state index is 2.40. The molecule has 11 aromatic rings. The average Bonchev–Trinajstić information content (AvgIpc) is 3.76. The number of rotatable bonds is 5. The second-order valence-electron chi connectivity index (χ2n) is 14.2. The third kappa shape index (κ3) is 4.81. The third-order valence-electron chi connectivity index (χ3n) is 11.1. The van der Waals surface area contributed by atoms with E-state index in [0.717, 1.165) is 5.69 Å². The van der Waals surface area contributed by atoms with Crippen LogP contribution in [0, 0.1) is 0 Å². The van der Waals surface area contributed by atoms with Crippen LogP contribution in [0.2, 0.25) is 0 Å². The molecular weight excluding hydrogens is 653 g/mol. The summed E-state index contributed by atoms with van der Waals surface area (Å²) >= 11 is 0. The molecule has 0 N–H and O–H groups in total. The van der Waals surface area contributed by atoms with Crippen molar-refractivity contribution in [1.82, 2.24) is 9.13 Å². The number of fused-ring (bicyclic) bond motifs is 7. The van der Waals surface area contributed by atoms with Gasteiger partial charge in [0.15, 0.2) is 0 Å². The minimum Gasteiger partial charge on any atom is -0.309 e. The normalized spacial score (nSPS) is 11.7. The lowest BCUT2D eigenvalue weighted by atomic mass is 9.95. The van der Waals surface area contributed by atoms with Crippen molar-refractivity contribution in [2.24, 2.45) is 0 Å². The molecule has 0 aliphatic carbocycles. The minimum absolute atomic E-state index is 1.16. The van der Waals surface area contributed by atoms with E-state index in [9.17, 15) is 0 Å². The van der Waals surface area contributed by atoms with E-state index >= 15 is 0 Å². The summed E-state index contributed by atoms with van der Waals surface area (Å²) in [7, 11) is 0. The van der Waals surface area contributed by atoms with Crippen LogP contribution in [-0.2, 0) is 0 Å². The molecule has 0 saturated carbocycles. The number of hydrogen-bond donors (Lipinski definition) is 0. The van der Waals surface area contributed by atoms with Gasteiger partial charge < -0.3 is 9.13 Å². The molecule has 0 radical (unpaired) electrons. The van der Waals surface area contributed by atoms with Gasteiger partial charge in [-0.1, -0.05) is 146 Å². The minimum atomic E-state index is 1.16. The van der Waals surface area contributed by atoms with Crippen LogP contribution in [0.25, 0.3) is 99.1 Å². The zero-order chi connectivity index (χ0) is 35.6. The summed E-state index contributed by atoms with van der Waals surface area (Å²) in [6.45, 7) is 0. The molecule has 2 nitrogen and oxygen atoms in total. The van der Waals surface area contributed by atoms with Gasteiger partial charge in [0.1, 0.15) is 0 Å². The zero-order valence-electron chi connectivity index (χ0n) is 29.5. The molecule has 0 amide bonds. The van der Waals surface area contributed by atoms with Crippen LogP contribution < -0.4 is 0 Å². The van der Waals surface area contributed by atoms with Crippen molar-refractivity contribution < 1.29 is 0 Å². The Bertz CT molecular complexity index is 3180. The first-order chi connectivity index (χ1) is 26.8. The summed E-state index contributed by atoms with van der Waals surface area (Å²) in [6, 6.07) is 75.2. The molecule has 0 saturated heterocycles. The van der Waals surface area contributed by atoms with Crippen molar-refractivity contribution in [3.8, 4) is 44.8 Å². The summed E-state index contributed by atoms with van der Waals surface area (Å²) in [5.41, 5.74) is 14.4. The van der Waals surface area contributed by atoms with Crippen LogP contribution in [0.1, 0.15) is 0 Å². The molecule has 0 unspecified atom stereocenters. The second-order valence-corrected chi connectivity index (χ2v) is 14.2. The molecule has 2 heteroatoms. The molecule has 2 aromatic heterocycles. The van der Waals surface area contributed by atoms with Crippen LogP contribution in [0.5, 0.6) is 0 Å². The van der Waals surface area contributed by atoms with Crippen molar-refractivity contribution in [3.63, 3.8) is 0 Å². The molecule has 2 heterocycles.